The number of imide groups is 1. The number of nitrogens with zero attached hydrogens (tertiary/aromatic N) is 1. The van der Waals surface area contributed by atoms with Crippen LogP contribution in [0.3, 0.4) is 0 Å². The van der Waals surface area contributed by atoms with Crippen molar-refractivity contribution in [2.75, 3.05) is 0 Å². The fourth-order valence-corrected chi connectivity index (χ4v) is 2.94. The number of rotatable bonds is 5. The molecule has 1 N–H and O–H groups in total. The third-order valence-corrected chi connectivity index (χ3v) is 4.42. The maximum atomic E-state index is 13.8. The van der Waals surface area contributed by atoms with Crippen LogP contribution < -0.4 is 10.1 Å². The number of benzene rings is 3. The van der Waals surface area contributed by atoms with Gasteiger partial charge in [0, 0.05) is 5.56 Å². The van der Waals surface area contributed by atoms with E-state index in [9.17, 15) is 14.0 Å². The van der Waals surface area contributed by atoms with Gasteiger partial charge in [0.2, 0.25) is 0 Å². The van der Waals surface area contributed by atoms with Crippen LogP contribution in [0.5, 0.6) is 11.5 Å². The molecule has 0 bridgehead atoms. The fraction of sp³-hybridized carbons (Fsp3) is 0.0435. The fourth-order valence-electron chi connectivity index (χ4n) is 2.94. The van der Waals surface area contributed by atoms with E-state index in [2.05, 4.69) is 5.32 Å². The number of carbonyl (C=O) groups excluding carboxylic acids is 2. The number of para-hydroxylation sites is 1. The number of carbonyl (C=O) groups is 2. The molecule has 0 spiro atoms. The molecule has 144 valence electrons. The minimum Gasteiger partial charge on any atom is -0.457 e. The van der Waals surface area contributed by atoms with Gasteiger partial charge in [0.15, 0.2) is 0 Å². The normalized spacial score (nSPS) is 14.9. The van der Waals surface area contributed by atoms with Gasteiger partial charge >= 0.3 is 6.03 Å². The zero-order valence-electron chi connectivity index (χ0n) is 15.3. The summed E-state index contributed by atoms with van der Waals surface area (Å²) in [7, 11) is 0. The van der Waals surface area contributed by atoms with E-state index in [1.54, 1.807) is 48.5 Å². The molecule has 0 radical (unpaired) electrons. The van der Waals surface area contributed by atoms with Gasteiger partial charge in [0.05, 0.1) is 6.54 Å². The smallest absolute Gasteiger partial charge is 0.329 e. The summed E-state index contributed by atoms with van der Waals surface area (Å²) in [6, 6.07) is 22.0. The van der Waals surface area contributed by atoms with E-state index in [0.29, 0.717) is 5.75 Å². The largest absolute Gasteiger partial charge is 0.457 e. The monoisotopic (exact) mass is 388 g/mol. The van der Waals surface area contributed by atoms with Gasteiger partial charge < -0.3 is 10.1 Å². The molecule has 1 fully saturated rings. The Labute approximate surface area is 167 Å². The van der Waals surface area contributed by atoms with Crippen molar-refractivity contribution in [3.63, 3.8) is 0 Å². The number of amides is 3. The van der Waals surface area contributed by atoms with Gasteiger partial charge in [0.25, 0.3) is 5.91 Å². The Morgan fingerprint density at radius 2 is 1.52 bits per heavy atom. The first-order chi connectivity index (χ1) is 14.1. The molecule has 6 heteroatoms. The van der Waals surface area contributed by atoms with Crippen LogP contribution in [0.15, 0.2) is 84.6 Å². The molecule has 3 aromatic rings. The molecular weight excluding hydrogens is 371 g/mol. The average molecular weight is 388 g/mol. The molecule has 3 aromatic carbocycles. The van der Waals surface area contributed by atoms with E-state index >= 15 is 0 Å². The molecule has 29 heavy (non-hydrogen) atoms. The predicted molar refractivity (Wildman–Crippen MR) is 106 cm³/mol. The third-order valence-electron chi connectivity index (χ3n) is 4.42. The van der Waals surface area contributed by atoms with Gasteiger partial charge in [-0.2, -0.15) is 0 Å². The molecule has 0 atom stereocenters. The van der Waals surface area contributed by atoms with Crippen LogP contribution in [0, 0.1) is 5.82 Å². The van der Waals surface area contributed by atoms with Crippen LogP contribution in [0.1, 0.15) is 11.1 Å². The lowest BCUT2D eigenvalue weighted by molar-refractivity contribution is -0.123. The third kappa shape index (κ3) is 4.16. The zero-order valence-corrected chi connectivity index (χ0v) is 15.3. The van der Waals surface area contributed by atoms with Gasteiger partial charge in [0.1, 0.15) is 23.0 Å². The molecule has 0 saturated carbocycles. The molecule has 4 rings (SSSR count). The Hall–Kier alpha value is -3.93. The summed E-state index contributed by atoms with van der Waals surface area (Å²) in [5.41, 5.74) is 1.14. The van der Waals surface area contributed by atoms with E-state index in [1.165, 1.54) is 6.07 Å². The van der Waals surface area contributed by atoms with Gasteiger partial charge in [-0.05, 0) is 42.0 Å². The Bertz CT molecular complexity index is 1080. The van der Waals surface area contributed by atoms with Crippen molar-refractivity contribution in [1.29, 1.82) is 0 Å². The van der Waals surface area contributed by atoms with Crippen molar-refractivity contribution in [3.05, 3.63) is 102 Å². The minimum atomic E-state index is -0.575. The lowest BCUT2D eigenvalue weighted by Gasteiger charge is -2.12. The van der Waals surface area contributed by atoms with E-state index in [0.717, 1.165) is 16.2 Å². The Morgan fingerprint density at radius 1 is 0.862 bits per heavy atom. The number of ether oxygens (including phenoxy) is 1. The second-order valence-corrected chi connectivity index (χ2v) is 6.46. The van der Waals surface area contributed by atoms with Crippen LogP contribution in [0.2, 0.25) is 0 Å². The summed E-state index contributed by atoms with van der Waals surface area (Å²) >= 11 is 0. The molecule has 5 nitrogen and oxygen atoms in total. The molecule has 1 heterocycles. The lowest BCUT2D eigenvalue weighted by Crippen LogP contribution is -2.30. The first kappa shape index (κ1) is 18.4. The van der Waals surface area contributed by atoms with E-state index in [-0.39, 0.29) is 17.8 Å². The molecule has 1 aliphatic rings. The van der Waals surface area contributed by atoms with Gasteiger partial charge in [-0.15, -0.1) is 0 Å². The zero-order chi connectivity index (χ0) is 20.2. The first-order valence-electron chi connectivity index (χ1n) is 9.01. The summed E-state index contributed by atoms with van der Waals surface area (Å²) in [4.78, 5) is 25.7. The summed E-state index contributed by atoms with van der Waals surface area (Å²) < 4.78 is 19.6. The number of urea groups is 1. The second-order valence-electron chi connectivity index (χ2n) is 6.46. The average Bonchev–Trinajstić information content (AvgIpc) is 2.99. The summed E-state index contributed by atoms with van der Waals surface area (Å²) in [6.45, 7) is -0.126. The number of hydrogen-bond acceptors (Lipinski definition) is 3. The van der Waals surface area contributed by atoms with E-state index < -0.39 is 17.8 Å². The molecule has 0 unspecified atom stereocenters. The first-order valence-corrected chi connectivity index (χ1v) is 9.01. The summed E-state index contributed by atoms with van der Waals surface area (Å²) in [5, 5.41) is 2.54. The van der Waals surface area contributed by atoms with Crippen molar-refractivity contribution < 1.29 is 18.7 Å². The Morgan fingerprint density at radius 3 is 2.24 bits per heavy atom. The van der Waals surface area contributed by atoms with Crippen molar-refractivity contribution in [1.82, 2.24) is 10.2 Å². The quantitative estimate of drug-likeness (QED) is 0.509. The highest BCUT2D eigenvalue weighted by Crippen LogP contribution is 2.23. The minimum absolute atomic E-state index is 0.126. The van der Waals surface area contributed by atoms with Crippen molar-refractivity contribution in [2.24, 2.45) is 0 Å². The van der Waals surface area contributed by atoms with Crippen LogP contribution >= 0.6 is 0 Å². The highest BCUT2D eigenvalue weighted by molar-refractivity contribution is 6.13. The van der Waals surface area contributed by atoms with Crippen molar-refractivity contribution in [2.45, 2.75) is 6.54 Å². The molecule has 1 aliphatic heterocycles. The van der Waals surface area contributed by atoms with E-state index in [1.807, 2.05) is 30.3 Å². The maximum absolute atomic E-state index is 13.8. The van der Waals surface area contributed by atoms with Crippen LogP contribution in [-0.2, 0) is 11.3 Å². The number of nitrogens with one attached hydrogen (secondary N) is 1. The van der Waals surface area contributed by atoms with Crippen molar-refractivity contribution >= 4 is 18.0 Å². The standard InChI is InChI=1S/C23H17FN2O3/c24-20-9-5-4-6-17(20)15-26-22(27)21(25-23(26)28)14-16-10-12-19(13-11-16)29-18-7-2-1-3-8-18/h1-14H,15H2,(H,25,28)/b21-14-. The Kier molecular flexibility index (Phi) is 5.07. The number of halogens is 1. The topological polar surface area (TPSA) is 58.6 Å². The van der Waals surface area contributed by atoms with Gasteiger partial charge in [-0.25, -0.2) is 9.18 Å². The highest BCUT2D eigenvalue weighted by Gasteiger charge is 2.33. The van der Waals surface area contributed by atoms with Crippen LogP contribution in [0.25, 0.3) is 6.08 Å². The van der Waals surface area contributed by atoms with Crippen molar-refractivity contribution in [3.8, 4) is 11.5 Å². The second kappa shape index (κ2) is 7.98. The summed E-state index contributed by atoms with van der Waals surface area (Å²) in [5.74, 6) is 0.421. The van der Waals surface area contributed by atoms with Gasteiger partial charge in [-0.3, -0.25) is 9.69 Å². The Balaban J connectivity index is 1.47. The predicted octanol–water partition coefficient (Wildman–Crippen LogP) is 4.71. The molecule has 0 aliphatic carbocycles. The molecular formula is C23H17FN2O3. The molecule has 1 saturated heterocycles. The van der Waals surface area contributed by atoms with Gasteiger partial charge in [-0.1, -0.05) is 48.5 Å². The van der Waals surface area contributed by atoms with E-state index in [4.69, 9.17) is 4.74 Å². The molecule has 0 aromatic heterocycles. The summed E-state index contributed by atoms with van der Waals surface area (Å²) in [6.07, 6.45) is 1.58. The lowest BCUT2D eigenvalue weighted by atomic mass is 10.1. The van der Waals surface area contributed by atoms with Crippen LogP contribution in [-0.4, -0.2) is 16.8 Å². The SMILES string of the molecule is O=C1N/C(=C\c2ccc(Oc3ccccc3)cc2)C(=O)N1Cc1ccccc1F. The molecule has 3 amide bonds. The highest BCUT2D eigenvalue weighted by atomic mass is 19.1. The maximum Gasteiger partial charge on any atom is 0.329 e. The van der Waals surface area contributed by atoms with Crippen LogP contribution in [0.4, 0.5) is 9.18 Å². The number of hydrogen-bond donors (Lipinski definition) is 1.